The standard InChI is InChI=1S/C21H20N2O.C4H8O2/c1-12-8-9-18-17(10-12)20(14(3)23-18)16-11-13(2)22-21-15(16)6-5-7-19(21)24-4;1-3-6-4(2)5/h5-11,23H,1-4H3;3H2,1-2H3. The molecular weight excluding hydrogens is 376 g/mol. The Morgan fingerprint density at radius 2 is 1.83 bits per heavy atom. The zero-order chi connectivity index (χ0) is 21.8. The Bertz CT molecular complexity index is 1210. The van der Waals surface area contributed by atoms with Crippen LogP contribution in [-0.2, 0) is 9.53 Å². The molecule has 4 aromatic rings. The Morgan fingerprint density at radius 3 is 2.47 bits per heavy atom. The number of carbonyl (C=O) groups is 1. The van der Waals surface area contributed by atoms with E-state index < -0.39 is 0 Å². The van der Waals surface area contributed by atoms with Crippen molar-refractivity contribution in [1.82, 2.24) is 9.97 Å². The van der Waals surface area contributed by atoms with Crippen LogP contribution in [0.4, 0.5) is 0 Å². The number of hydrogen-bond acceptors (Lipinski definition) is 4. The quantitative estimate of drug-likeness (QED) is 0.433. The van der Waals surface area contributed by atoms with Crippen LogP contribution in [0.3, 0.4) is 0 Å². The molecule has 0 radical (unpaired) electrons. The highest BCUT2D eigenvalue weighted by molar-refractivity contribution is 6.06. The molecule has 156 valence electrons. The summed E-state index contributed by atoms with van der Waals surface area (Å²) in [5, 5.41) is 2.37. The molecule has 0 fully saturated rings. The first-order valence-electron chi connectivity index (χ1n) is 10.0. The third-order valence-electron chi connectivity index (χ3n) is 4.91. The first-order valence-corrected chi connectivity index (χ1v) is 10.0. The molecule has 0 aliphatic carbocycles. The Labute approximate surface area is 177 Å². The number of para-hydroxylation sites is 1. The molecule has 0 saturated carbocycles. The molecule has 2 heterocycles. The fourth-order valence-electron chi connectivity index (χ4n) is 3.71. The molecule has 0 spiro atoms. The van der Waals surface area contributed by atoms with Crippen molar-refractivity contribution in [2.75, 3.05) is 13.7 Å². The lowest BCUT2D eigenvalue weighted by molar-refractivity contribution is -0.140. The zero-order valence-electron chi connectivity index (χ0n) is 18.4. The number of hydrogen-bond donors (Lipinski definition) is 1. The largest absolute Gasteiger partial charge is 0.494 e. The highest BCUT2D eigenvalue weighted by atomic mass is 16.5. The molecule has 2 aromatic carbocycles. The highest BCUT2D eigenvalue weighted by Crippen LogP contribution is 2.38. The van der Waals surface area contributed by atoms with E-state index in [-0.39, 0.29) is 5.97 Å². The van der Waals surface area contributed by atoms with Crippen molar-refractivity contribution >= 4 is 27.8 Å². The Hall–Kier alpha value is -3.34. The average Bonchev–Trinajstić information content (AvgIpc) is 3.02. The van der Waals surface area contributed by atoms with E-state index in [9.17, 15) is 4.79 Å². The van der Waals surface area contributed by atoms with E-state index in [0.29, 0.717) is 6.61 Å². The Kier molecular flexibility index (Phi) is 6.40. The smallest absolute Gasteiger partial charge is 0.302 e. The van der Waals surface area contributed by atoms with Gasteiger partial charge in [0.1, 0.15) is 11.3 Å². The molecular formula is C25H28N2O3. The van der Waals surface area contributed by atoms with Gasteiger partial charge in [-0.2, -0.15) is 0 Å². The Morgan fingerprint density at radius 1 is 1.07 bits per heavy atom. The van der Waals surface area contributed by atoms with Crippen LogP contribution in [0.2, 0.25) is 0 Å². The summed E-state index contributed by atoms with van der Waals surface area (Å²) in [6.07, 6.45) is 0. The van der Waals surface area contributed by atoms with E-state index in [2.05, 4.69) is 53.9 Å². The van der Waals surface area contributed by atoms with Crippen molar-refractivity contribution in [3.63, 3.8) is 0 Å². The van der Waals surface area contributed by atoms with E-state index >= 15 is 0 Å². The second-order valence-corrected chi connectivity index (χ2v) is 7.27. The first kappa shape index (κ1) is 21.4. The van der Waals surface area contributed by atoms with Gasteiger partial charge in [-0.25, -0.2) is 4.98 Å². The molecule has 1 N–H and O–H groups in total. The van der Waals surface area contributed by atoms with Crippen molar-refractivity contribution in [2.24, 2.45) is 0 Å². The minimum absolute atomic E-state index is 0.211. The molecule has 0 unspecified atom stereocenters. The van der Waals surface area contributed by atoms with E-state index in [0.717, 1.165) is 22.3 Å². The summed E-state index contributed by atoms with van der Waals surface area (Å²) in [6, 6.07) is 14.8. The van der Waals surface area contributed by atoms with E-state index in [4.69, 9.17) is 9.72 Å². The number of benzene rings is 2. The molecule has 0 amide bonds. The summed E-state index contributed by atoms with van der Waals surface area (Å²) in [7, 11) is 1.69. The average molecular weight is 405 g/mol. The predicted octanol–water partition coefficient (Wildman–Crippen LogP) is 5.89. The number of H-pyrrole nitrogens is 1. The molecule has 0 atom stereocenters. The second-order valence-electron chi connectivity index (χ2n) is 7.27. The lowest BCUT2D eigenvalue weighted by atomic mass is 9.97. The highest BCUT2D eigenvalue weighted by Gasteiger charge is 2.16. The lowest BCUT2D eigenvalue weighted by Gasteiger charge is -2.11. The number of fused-ring (bicyclic) bond motifs is 2. The fraction of sp³-hybridized carbons (Fsp3) is 0.280. The maximum Gasteiger partial charge on any atom is 0.302 e. The minimum Gasteiger partial charge on any atom is -0.494 e. The number of pyridine rings is 1. The number of rotatable bonds is 3. The van der Waals surface area contributed by atoms with Crippen LogP contribution >= 0.6 is 0 Å². The van der Waals surface area contributed by atoms with Gasteiger partial charge in [0.25, 0.3) is 0 Å². The minimum atomic E-state index is -0.211. The van der Waals surface area contributed by atoms with E-state index in [1.165, 1.54) is 40.2 Å². The maximum atomic E-state index is 9.82. The van der Waals surface area contributed by atoms with Gasteiger partial charge >= 0.3 is 5.97 Å². The first-order chi connectivity index (χ1) is 14.3. The number of aromatic amines is 1. The van der Waals surface area contributed by atoms with Gasteiger partial charge in [-0.3, -0.25) is 4.79 Å². The summed E-state index contributed by atoms with van der Waals surface area (Å²) >= 11 is 0. The molecule has 2 aromatic heterocycles. The predicted molar refractivity (Wildman–Crippen MR) is 122 cm³/mol. The second kappa shape index (κ2) is 8.99. The maximum absolute atomic E-state index is 9.82. The third-order valence-corrected chi connectivity index (χ3v) is 4.91. The van der Waals surface area contributed by atoms with Gasteiger partial charge in [0.05, 0.1) is 13.7 Å². The summed E-state index contributed by atoms with van der Waals surface area (Å²) in [6.45, 7) is 9.95. The monoisotopic (exact) mass is 404 g/mol. The number of aryl methyl sites for hydroxylation is 3. The van der Waals surface area contributed by atoms with Gasteiger partial charge in [0, 0.05) is 40.2 Å². The molecule has 0 aliphatic rings. The molecule has 0 saturated heterocycles. The van der Waals surface area contributed by atoms with Crippen molar-refractivity contribution in [1.29, 1.82) is 0 Å². The van der Waals surface area contributed by atoms with Crippen LogP contribution in [0.5, 0.6) is 5.75 Å². The van der Waals surface area contributed by atoms with Crippen molar-refractivity contribution < 1.29 is 14.3 Å². The number of ether oxygens (including phenoxy) is 2. The molecule has 5 nitrogen and oxygen atoms in total. The normalized spacial score (nSPS) is 10.6. The van der Waals surface area contributed by atoms with Gasteiger partial charge < -0.3 is 14.5 Å². The van der Waals surface area contributed by atoms with E-state index in [1.54, 1.807) is 14.0 Å². The van der Waals surface area contributed by atoms with Crippen LogP contribution in [-0.4, -0.2) is 29.7 Å². The summed E-state index contributed by atoms with van der Waals surface area (Å²) < 4.78 is 9.92. The number of methoxy groups -OCH3 is 1. The number of nitrogens with zero attached hydrogens (tertiary/aromatic N) is 1. The summed E-state index contributed by atoms with van der Waals surface area (Å²) in [4.78, 5) is 18.0. The van der Waals surface area contributed by atoms with Crippen molar-refractivity contribution in [2.45, 2.75) is 34.6 Å². The van der Waals surface area contributed by atoms with Crippen LogP contribution in [0, 0.1) is 20.8 Å². The molecule has 0 aliphatic heterocycles. The molecule has 5 heteroatoms. The van der Waals surface area contributed by atoms with Crippen LogP contribution in [0.1, 0.15) is 30.8 Å². The number of carbonyl (C=O) groups excluding carboxylic acids is 1. The SMILES string of the molecule is CCOC(C)=O.COc1cccc2c(-c3c(C)[nH]c4ccc(C)cc34)cc(C)nc12. The lowest BCUT2D eigenvalue weighted by Crippen LogP contribution is -1.95. The van der Waals surface area contributed by atoms with Gasteiger partial charge in [0.15, 0.2) is 0 Å². The van der Waals surface area contributed by atoms with Gasteiger partial charge in [-0.1, -0.05) is 23.8 Å². The summed E-state index contributed by atoms with van der Waals surface area (Å²) in [5.74, 6) is 0.601. The molecule has 0 bridgehead atoms. The zero-order valence-corrected chi connectivity index (χ0v) is 18.4. The fourth-order valence-corrected chi connectivity index (χ4v) is 3.71. The summed E-state index contributed by atoms with van der Waals surface area (Å²) in [5.41, 5.74) is 7.95. The third kappa shape index (κ3) is 4.30. The van der Waals surface area contributed by atoms with Crippen LogP contribution in [0.15, 0.2) is 42.5 Å². The van der Waals surface area contributed by atoms with Gasteiger partial charge in [-0.15, -0.1) is 0 Å². The van der Waals surface area contributed by atoms with Crippen molar-refractivity contribution in [3.05, 3.63) is 59.4 Å². The van der Waals surface area contributed by atoms with Crippen LogP contribution < -0.4 is 4.74 Å². The van der Waals surface area contributed by atoms with Crippen molar-refractivity contribution in [3.8, 4) is 16.9 Å². The van der Waals surface area contributed by atoms with Crippen LogP contribution in [0.25, 0.3) is 32.9 Å². The Balaban J connectivity index is 0.000000377. The number of esters is 1. The number of aromatic nitrogens is 2. The number of nitrogens with one attached hydrogen (secondary N) is 1. The molecule has 4 rings (SSSR count). The van der Waals surface area contributed by atoms with Gasteiger partial charge in [-0.05, 0) is 57.5 Å². The molecule has 30 heavy (non-hydrogen) atoms. The topological polar surface area (TPSA) is 64.2 Å². The van der Waals surface area contributed by atoms with E-state index in [1.807, 2.05) is 19.1 Å². The van der Waals surface area contributed by atoms with Gasteiger partial charge in [0.2, 0.25) is 0 Å².